The van der Waals surface area contributed by atoms with E-state index in [1.165, 1.54) is 19.1 Å². The Bertz CT molecular complexity index is 419. The van der Waals surface area contributed by atoms with E-state index in [0.717, 1.165) is 4.90 Å². The highest BCUT2D eigenvalue weighted by Gasteiger charge is 2.34. The topological polar surface area (TPSA) is 113 Å². The maximum atomic E-state index is 12.3. The Kier molecular flexibility index (Phi) is 5.94. The summed E-state index contributed by atoms with van der Waals surface area (Å²) in [5, 5.41) is 8.92. The third-order valence-electron chi connectivity index (χ3n) is 3.17. The Morgan fingerprint density at radius 3 is 2.05 bits per heavy atom. The van der Waals surface area contributed by atoms with Gasteiger partial charge in [-0.1, -0.05) is 0 Å². The van der Waals surface area contributed by atoms with E-state index >= 15 is 0 Å². The molecule has 2 amide bonds. The van der Waals surface area contributed by atoms with Gasteiger partial charge in [0.2, 0.25) is 0 Å². The first-order valence-corrected chi connectivity index (χ1v) is 6.29. The second-order valence-electron chi connectivity index (χ2n) is 4.56. The zero-order valence-corrected chi connectivity index (χ0v) is 11.9. The van der Waals surface area contributed by atoms with Crippen LogP contribution in [0.1, 0.15) is 6.42 Å². The molecule has 1 atom stereocenters. The molecule has 0 spiro atoms. The Balaban J connectivity index is 2.72. The smallest absolute Gasteiger partial charge is 0.325 e. The summed E-state index contributed by atoms with van der Waals surface area (Å²) in [4.78, 5) is 48.0. The molecule has 118 valence electrons. The molecule has 21 heavy (non-hydrogen) atoms. The van der Waals surface area contributed by atoms with Crippen molar-refractivity contribution in [1.82, 2.24) is 9.80 Å². The highest BCUT2D eigenvalue weighted by atomic mass is 16.5. The fourth-order valence-electron chi connectivity index (χ4n) is 1.97. The molecule has 0 radical (unpaired) electrons. The zero-order valence-electron chi connectivity index (χ0n) is 11.9. The van der Waals surface area contributed by atoms with Gasteiger partial charge in [0.1, 0.15) is 13.1 Å². The number of hydrogen-bond donors (Lipinski definition) is 1. The number of carboxylic acids is 1. The maximum Gasteiger partial charge on any atom is 0.325 e. The van der Waals surface area contributed by atoms with Crippen molar-refractivity contribution in [2.45, 2.75) is 6.42 Å². The monoisotopic (exact) mass is 302 g/mol. The number of ether oxygens (including phenoxy) is 2. The number of urea groups is 1. The summed E-state index contributed by atoms with van der Waals surface area (Å²) in [6, 6.07) is -0.588. The van der Waals surface area contributed by atoms with Crippen LogP contribution in [-0.2, 0) is 23.9 Å². The Morgan fingerprint density at radius 2 is 1.67 bits per heavy atom. The van der Waals surface area contributed by atoms with E-state index < -0.39 is 42.9 Å². The summed E-state index contributed by atoms with van der Waals surface area (Å²) in [5.74, 6) is -2.97. The number of likely N-dealkylation sites (tertiary alicyclic amines) is 1. The SMILES string of the molecule is COC(=O)CN(CC(=O)OC)C(=O)N1CCC(C(=O)O)C1. The molecule has 0 aromatic heterocycles. The van der Waals surface area contributed by atoms with E-state index in [9.17, 15) is 19.2 Å². The number of hydrogen-bond acceptors (Lipinski definition) is 6. The van der Waals surface area contributed by atoms with Gasteiger partial charge in [-0.2, -0.15) is 0 Å². The lowest BCUT2D eigenvalue weighted by Gasteiger charge is -2.26. The first-order valence-electron chi connectivity index (χ1n) is 6.29. The standard InChI is InChI=1S/C12H18N2O7/c1-20-9(15)6-14(7-10(16)21-2)12(19)13-4-3-8(5-13)11(17)18/h8H,3-7H2,1-2H3,(H,17,18). The van der Waals surface area contributed by atoms with Crippen LogP contribution < -0.4 is 0 Å². The van der Waals surface area contributed by atoms with E-state index in [0.29, 0.717) is 6.42 Å². The van der Waals surface area contributed by atoms with Crippen LogP contribution in [0.3, 0.4) is 0 Å². The fourth-order valence-corrected chi connectivity index (χ4v) is 1.97. The second-order valence-corrected chi connectivity index (χ2v) is 4.56. The van der Waals surface area contributed by atoms with Crippen LogP contribution in [0.5, 0.6) is 0 Å². The van der Waals surface area contributed by atoms with Crippen LogP contribution in [0.4, 0.5) is 4.79 Å². The molecule has 0 aliphatic carbocycles. The molecule has 1 unspecified atom stereocenters. The van der Waals surface area contributed by atoms with Gasteiger partial charge in [-0.05, 0) is 6.42 Å². The Morgan fingerprint density at radius 1 is 1.14 bits per heavy atom. The van der Waals surface area contributed by atoms with Gasteiger partial charge in [-0.25, -0.2) is 4.79 Å². The number of carbonyl (C=O) groups excluding carboxylic acids is 3. The average molecular weight is 302 g/mol. The molecule has 0 saturated carbocycles. The first kappa shape index (κ1) is 16.7. The number of esters is 2. The average Bonchev–Trinajstić information content (AvgIpc) is 2.95. The van der Waals surface area contributed by atoms with Gasteiger partial charge < -0.3 is 24.4 Å². The van der Waals surface area contributed by atoms with Gasteiger partial charge in [0.15, 0.2) is 0 Å². The molecule has 0 bridgehead atoms. The quantitative estimate of drug-likeness (QED) is 0.659. The van der Waals surface area contributed by atoms with E-state index in [1.54, 1.807) is 0 Å². The van der Waals surface area contributed by atoms with Gasteiger partial charge in [0.05, 0.1) is 20.1 Å². The summed E-state index contributed by atoms with van der Waals surface area (Å²) in [6.07, 6.45) is 0.339. The minimum absolute atomic E-state index is 0.0486. The summed E-state index contributed by atoms with van der Waals surface area (Å²) >= 11 is 0. The van der Waals surface area contributed by atoms with Crippen molar-refractivity contribution in [2.75, 3.05) is 40.4 Å². The van der Waals surface area contributed by atoms with Crippen LogP contribution in [0.2, 0.25) is 0 Å². The van der Waals surface area contributed by atoms with Crippen molar-refractivity contribution in [3.8, 4) is 0 Å². The fraction of sp³-hybridized carbons (Fsp3) is 0.667. The third kappa shape index (κ3) is 4.62. The van der Waals surface area contributed by atoms with Crippen molar-refractivity contribution >= 4 is 23.9 Å². The lowest BCUT2D eigenvalue weighted by Crippen LogP contribution is -2.47. The molecule has 1 aliphatic heterocycles. The number of rotatable bonds is 5. The largest absolute Gasteiger partial charge is 0.481 e. The normalized spacial score (nSPS) is 17.2. The molecule has 0 aromatic rings. The minimum Gasteiger partial charge on any atom is -0.481 e. The van der Waals surface area contributed by atoms with E-state index in [2.05, 4.69) is 9.47 Å². The molecule has 1 aliphatic rings. The summed E-state index contributed by atoms with van der Waals surface area (Å²) in [7, 11) is 2.33. The lowest BCUT2D eigenvalue weighted by molar-refractivity contribution is -0.145. The summed E-state index contributed by atoms with van der Waals surface area (Å²) in [5.41, 5.74) is 0. The maximum absolute atomic E-state index is 12.3. The zero-order chi connectivity index (χ0) is 16.0. The van der Waals surface area contributed by atoms with Crippen LogP contribution in [0, 0.1) is 5.92 Å². The molecular formula is C12H18N2O7. The van der Waals surface area contributed by atoms with Crippen LogP contribution >= 0.6 is 0 Å². The van der Waals surface area contributed by atoms with Crippen molar-refractivity contribution in [2.24, 2.45) is 5.92 Å². The molecule has 1 heterocycles. The lowest BCUT2D eigenvalue weighted by atomic mass is 10.1. The predicted octanol–water partition coefficient (Wildman–Crippen LogP) is -0.839. The number of carbonyl (C=O) groups is 4. The molecule has 1 N–H and O–H groups in total. The van der Waals surface area contributed by atoms with Gasteiger partial charge in [0.25, 0.3) is 0 Å². The molecular weight excluding hydrogens is 284 g/mol. The Hall–Kier alpha value is -2.32. The molecule has 1 rings (SSSR count). The number of amides is 2. The van der Waals surface area contributed by atoms with Gasteiger partial charge in [-0.3, -0.25) is 14.4 Å². The Labute approximate surface area is 121 Å². The van der Waals surface area contributed by atoms with Gasteiger partial charge in [0, 0.05) is 13.1 Å². The van der Waals surface area contributed by atoms with E-state index in [1.807, 2.05) is 0 Å². The van der Waals surface area contributed by atoms with Gasteiger partial charge in [-0.15, -0.1) is 0 Å². The molecule has 1 saturated heterocycles. The second kappa shape index (κ2) is 7.46. The van der Waals surface area contributed by atoms with Crippen molar-refractivity contribution in [3.63, 3.8) is 0 Å². The highest BCUT2D eigenvalue weighted by molar-refractivity contribution is 5.85. The molecule has 0 aromatic carbocycles. The van der Waals surface area contributed by atoms with Crippen LogP contribution in [-0.4, -0.2) is 79.2 Å². The predicted molar refractivity (Wildman–Crippen MR) is 68.3 cm³/mol. The molecule has 9 heteroatoms. The minimum atomic E-state index is -0.974. The molecule has 1 fully saturated rings. The van der Waals surface area contributed by atoms with Crippen LogP contribution in [0.15, 0.2) is 0 Å². The van der Waals surface area contributed by atoms with Crippen molar-refractivity contribution < 1.29 is 33.8 Å². The molecule has 9 nitrogen and oxygen atoms in total. The number of carboxylic acid groups (broad SMARTS) is 1. The number of methoxy groups -OCH3 is 2. The van der Waals surface area contributed by atoms with Crippen molar-refractivity contribution in [3.05, 3.63) is 0 Å². The summed E-state index contributed by atoms with van der Waals surface area (Å²) in [6.45, 7) is -0.501. The van der Waals surface area contributed by atoms with E-state index in [4.69, 9.17) is 5.11 Å². The van der Waals surface area contributed by atoms with Crippen LogP contribution in [0.25, 0.3) is 0 Å². The first-order chi connectivity index (χ1) is 9.88. The third-order valence-corrected chi connectivity index (χ3v) is 3.17. The highest BCUT2D eigenvalue weighted by Crippen LogP contribution is 2.18. The van der Waals surface area contributed by atoms with E-state index in [-0.39, 0.29) is 13.1 Å². The summed E-state index contributed by atoms with van der Waals surface area (Å²) < 4.78 is 8.94. The number of aliphatic carboxylic acids is 1. The van der Waals surface area contributed by atoms with Crippen molar-refractivity contribution in [1.29, 1.82) is 0 Å². The number of nitrogens with zero attached hydrogens (tertiary/aromatic N) is 2. The van der Waals surface area contributed by atoms with Gasteiger partial charge >= 0.3 is 23.9 Å².